The van der Waals surface area contributed by atoms with Crippen LogP contribution in [-0.2, 0) is 13.0 Å². The zero-order valence-corrected chi connectivity index (χ0v) is 9.47. The summed E-state index contributed by atoms with van der Waals surface area (Å²) in [6.45, 7) is 4.26. The maximum absolute atomic E-state index is 5.45. The number of nitrogens with zero attached hydrogens (tertiary/aromatic N) is 1. The highest BCUT2D eigenvalue weighted by Gasteiger charge is 2.19. The molecule has 1 N–H and O–H groups in total. The molecule has 0 aliphatic carbocycles. The number of ether oxygens (including phenoxy) is 1. The van der Waals surface area contributed by atoms with E-state index in [1.807, 2.05) is 19.1 Å². The Balaban J connectivity index is 0.00000112. The summed E-state index contributed by atoms with van der Waals surface area (Å²) < 4.78 is 10.6. The van der Waals surface area contributed by atoms with Gasteiger partial charge in [-0.05, 0) is 12.1 Å². The molecule has 5 heteroatoms. The molecule has 0 unspecified atom stereocenters. The van der Waals surface area contributed by atoms with Crippen molar-refractivity contribution in [3.05, 3.63) is 23.5 Å². The quantitative estimate of drug-likeness (QED) is 0.803. The molecule has 1 aliphatic rings. The first-order valence-electron chi connectivity index (χ1n) is 4.84. The van der Waals surface area contributed by atoms with E-state index in [1.54, 1.807) is 0 Å². The molecule has 0 bridgehead atoms. The maximum atomic E-state index is 5.45. The summed E-state index contributed by atoms with van der Waals surface area (Å²) in [6.07, 6.45) is 4.79. The molecule has 84 valence electrons. The average Bonchev–Trinajstić information content (AvgIpc) is 2.63. The molecule has 0 atom stereocenters. The monoisotopic (exact) mass is 230 g/mol. The molecule has 0 amide bonds. The van der Waals surface area contributed by atoms with Gasteiger partial charge < -0.3 is 14.6 Å². The van der Waals surface area contributed by atoms with Crippen molar-refractivity contribution in [2.45, 2.75) is 19.9 Å². The van der Waals surface area contributed by atoms with Gasteiger partial charge in [0.2, 0.25) is 0 Å². The van der Waals surface area contributed by atoms with Gasteiger partial charge in [-0.3, -0.25) is 0 Å². The lowest BCUT2D eigenvalue weighted by molar-refractivity contribution is 0.303. The molecule has 0 aromatic carbocycles. The van der Waals surface area contributed by atoms with Crippen molar-refractivity contribution in [3.8, 4) is 5.88 Å². The van der Waals surface area contributed by atoms with Crippen LogP contribution < -0.4 is 10.1 Å². The third-order valence-corrected chi connectivity index (χ3v) is 2.22. The third kappa shape index (κ3) is 2.73. The van der Waals surface area contributed by atoms with Crippen LogP contribution in [-0.4, -0.2) is 18.3 Å². The summed E-state index contributed by atoms with van der Waals surface area (Å²) in [6, 6.07) is 0. The molecule has 2 rings (SSSR count). The summed E-state index contributed by atoms with van der Waals surface area (Å²) in [5.74, 6) is 1.59. The molecular weight excluding hydrogens is 216 g/mol. The highest BCUT2D eigenvalue weighted by molar-refractivity contribution is 5.85. The molecule has 0 saturated heterocycles. The van der Waals surface area contributed by atoms with Crippen LogP contribution in [0.15, 0.2) is 16.7 Å². The molecule has 2 heterocycles. The first-order chi connectivity index (χ1) is 6.92. The van der Waals surface area contributed by atoms with E-state index in [0.717, 1.165) is 30.8 Å². The van der Waals surface area contributed by atoms with Gasteiger partial charge in [0.25, 0.3) is 5.88 Å². The van der Waals surface area contributed by atoms with E-state index in [-0.39, 0.29) is 12.4 Å². The number of nitrogens with one attached hydrogen (secondary N) is 1. The fraction of sp³-hybridized carbons (Fsp3) is 0.500. The molecule has 0 radical (unpaired) electrons. The van der Waals surface area contributed by atoms with Gasteiger partial charge in [0.05, 0.1) is 5.56 Å². The van der Waals surface area contributed by atoms with Crippen molar-refractivity contribution in [1.82, 2.24) is 10.5 Å². The van der Waals surface area contributed by atoms with Gasteiger partial charge in [-0.25, -0.2) is 0 Å². The lowest BCUT2D eigenvalue weighted by atomic mass is 10.1. The van der Waals surface area contributed by atoms with Crippen LogP contribution in [0.25, 0.3) is 0 Å². The maximum Gasteiger partial charge on any atom is 0.259 e. The number of halogens is 1. The predicted molar refractivity (Wildman–Crippen MR) is 59.5 cm³/mol. The van der Waals surface area contributed by atoms with Crippen LogP contribution in [0.4, 0.5) is 0 Å². The first kappa shape index (κ1) is 12.1. The zero-order chi connectivity index (χ0) is 9.80. The van der Waals surface area contributed by atoms with Crippen LogP contribution in [0, 0.1) is 0 Å². The Labute approximate surface area is 95.1 Å². The van der Waals surface area contributed by atoms with Crippen LogP contribution in [0.3, 0.4) is 0 Å². The average molecular weight is 231 g/mol. The van der Waals surface area contributed by atoms with E-state index in [4.69, 9.17) is 9.26 Å². The molecule has 1 aromatic heterocycles. The van der Waals surface area contributed by atoms with E-state index < -0.39 is 0 Å². The lowest BCUT2D eigenvalue weighted by Crippen LogP contribution is -2.22. The molecule has 0 saturated carbocycles. The number of allylic oxidation sites excluding steroid dienone is 1. The van der Waals surface area contributed by atoms with Crippen molar-refractivity contribution in [2.75, 3.05) is 13.2 Å². The van der Waals surface area contributed by atoms with E-state index >= 15 is 0 Å². The molecule has 15 heavy (non-hydrogen) atoms. The molecule has 0 spiro atoms. The standard InChI is InChI=1S/C10H14N2O2.ClH/c1-2-3-6-13-10-8-7-11-5-4-9(8)14-12-10;/h2-3,11H,4-7H2,1H3;1H. The van der Waals surface area contributed by atoms with Crippen molar-refractivity contribution in [2.24, 2.45) is 0 Å². The minimum absolute atomic E-state index is 0. The Morgan fingerprint density at radius 2 is 2.47 bits per heavy atom. The lowest BCUT2D eigenvalue weighted by Gasteiger charge is -2.10. The summed E-state index contributed by atoms with van der Waals surface area (Å²) in [4.78, 5) is 0. The predicted octanol–water partition coefficient (Wildman–Crippen LogP) is 1.70. The van der Waals surface area contributed by atoms with Gasteiger partial charge in [0, 0.05) is 19.5 Å². The summed E-state index contributed by atoms with van der Waals surface area (Å²) in [5.41, 5.74) is 1.07. The SMILES string of the molecule is CC=CCOc1noc2c1CNCC2.Cl. The Morgan fingerprint density at radius 1 is 1.60 bits per heavy atom. The zero-order valence-electron chi connectivity index (χ0n) is 8.66. The van der Waals surface area contributed by atoms with Gasteiger partial charge >= 0.3 is 0 Å². The minimum atomic E-state index is 0. The highest BCUT2D eigenvalue weighted by Crippen LogP contribution is 2.23. The number of fused-ring (bicyclic) bond motifs is 1. The fourth-order valence-corrected chi connectivity index (χ4v) is 1.45. The molecule has 4 nitrogen and oxygen atoms in total. The Kier molecular flexibility index (Phi) is 4.65. The molecule has 1 aliphatic heterocycles. The van der Waals surface area contributed by atoms with Crippen molar-refractivity contribution < 1.29 is 9.26 Å². The van der Waals surface area contributed by atoms with Gasteiger partial charge in [-0.1, -0.05) is 12.2 Å². The Bertz CT molecular complexity index is 336. The largest absolute Gasteiger partial charge is 0.471 e. The second-order valence-electron chi connectivity index (χ2n) is 3.20. The van der Waals surface area contributed by atoms with Gasteiger partial charge in [0.15, 0.2) is 0 Å². The third-order valence-electron chi connectivity index (χ3n) is 2.22. The van der Waals surface area contributed by atoms with E-state index in [0.29, 0.717) is 12.5 Å². The Morgan fingerprint density at radius 3 is 3.27 bits per heavy atom. The van der Waals surface area contributed by atoms with Crippen LogP contribution >= 0.6 is 12.4 Å². The summed E-state index contributed by atoms with van der Waals surface area (Å²) in [5, 5.41) is 7.16. The van der Waals surface area contributed by atoms with E-state index in [1.165, 1.54) is 0 Å². The Hall–Kier alpha value is -1.00. The van der Waals surface area contributed by atoms with Gasteiger partial charge in [-0.15, -0.1) is 12.4 Å². The summed E-state index contributed by atoms with van der Waals surface area (Å²) >= 11 is 0. The normalized spacial score (nSPS) is 14.7. The van der Waals surface area contributed by atoms with Crippen molar-refractivity contribution >= 4 is 12.4 Å². The van der Waals surface area contributed by atoms with Crippen molar-refractivity contribution in [1.29, 1.82) is 0 Å². The van der Waals surface area contributed by atoms with Crippen LogP contribution in [0.2, 0.25) is 0 Å². The molecular formula is C10H15ClN2O2. The smallest absolute Gasteiger partial charge is 0.259 e. The number of hydrogen-bond acceptors (Lipinski definition) is 4. The first-order valence-corrected chi connectivity index (χ1v) is 4.84. The number of aromatic nitrogens is 1. The van der Waals surface area contributed by atoms with Crippen LogP contribution in [0.1, 0.15) is 18.2 Å². The topological polar surface area (TPSA) is 47.3 Å². The van der Waals surface area contributed by atoms with Crippen molar-refractivity contribution in [3.63, 3.8) is 0 Å². The second kappa shape index (κ2) is 5.78. The molecule has 0 fully saturated rings. The van der Waals surface area contributed by atoms with E-state index in [2.05, 4.69) is 10.5 Å². The van der Waals surface area contributed by atoms with Gasteiger partial charge in [-0.2, -0.15) is 0 Å². The summed E-state index contributed by atoms with van der Waals surface area (Å²) in [7, 11) is 0. The fourth-order valence-electron chi connectivity index (χ4n) is 1.45. The molecule has 1 aromatic rings. The van der Waals surface area contributed by atoms with Crippen LogP contribution in [0.5, 0.6) is 5.88 Å². The number of rotatable bonds is 3. The minimum Gasteiger partial charge on any atom is -0.471 e. The highest BCUT2D eigenvalue weighted by atomic mass is 35.5. The second-order valence-corrected chi connectivity index (χ2v) is 3.20. The number of hydrogen-bond donors (Lipinski definition) is 1. The van der Waals surface area contributed by atoms with E-state index in [9.17, 15) is 0 Å². The van der Waals surface area contributed by atoms with Gasteiger partial charge in [0.1, 0.15) is 12.4 Å².